The van der Waals surface area contributed by atoms with Crippen LogP contribution >= 0.6 is 0 Å². The molecule has 0 aliphatic heterocycles. The monoisotopic (exact) mass is 222 g/mol. The number of aromatic amines is 2. The van der Waals surface area contributed by atoms with Gasteiger partial charge in [-0.2, -0.15) is 4.98 Å². The Kier molecular flexibility index (Phi) is 2.39. The zero-order valence-corrected chi connectivity index (χ0v) is 8.74. The van der Waals surface area contributed by atoms with E-state index < -0.39 is 5.56 Å². The molecule has 8 heteroatoms. The third-order valence-electron chi connectivity index (χ3n) is 1.97. The Balaban J connectivity index is 2.39. The van der Waals surface area contributed by atoms with Gasteiger partial charge >= 0.3 is 0 Å². The van der Waals surface area contributed by atoms with Crippen LogP contribution in [0.25, 0.3) is 11.2 Å². The van der Waals surface area contributed by atoms with E-state index in [2.05, 4.69) is 30.7 Å². The summed E-state index contributed by atoms with van der Waals surface area (Å²) in [4.78, 5) is 29.2. The van der Waals surface area contributed by atoms with E-state index in [1.807, 2.05) is 0 Å². The molecule has 0 fully saturated rings. The molecule has 0 unspecified atom stereocenters. The zero-order chi connectivity index (χ0) is 11.7. The molecule has 0 saturated carbocycles. The number of amides is 1. The first-order valence-corrected chi connectivity index (χ1v) is 4.70. The molecular formula is C8H10N6O2. The van der Waals surface area contributed by atoms with Crippen LogP contribution in [0.4, 0.5) is 5.95 Å². The van der Waals surface area contributed by atoms with Crippen molar-refractivity contribution in [1.82, 2.24) is 25.4 Å². The van der Waals surface area contributed by atoms with Gasteiger partial charge in [-0.25, -0.2) is 5.10 Å². The van der Waals surface area contributed by atoms with Crippen molar-refractivity contribution in [1.29, 1.82) is 0 Å². The van der Waals surface area contributed by atoms with E-state index in [1.165, 1.54) is 0 Å². The summed E-state index contributed by atoms with van der Waals surface area (Å²) in [7, 11) is 0. The predicted molar refractivity (Wildman–Crippen MR) is 55.8 cm³/mol. The highest BCUT2D eigenvalue weighted by Gasteiger charge is 2.11. The van der Waals surface area contributed by atoms with Crippen LogP contribution < -0.4 is 10.9 Å². The lowest BCUT2D eigenvalue weighted by Gasteiger charge is -2.05. The summed E-state index contributed by atoms with van der Waals surface area (Å²) in [6, 6.07) is 0. The molecule has 2 heterocycles. The third-order valence-corrected chi connectivity index (χ3v) is 1.97. The van der Waals surface area contributed by atoms with Gasteiger partial charge in [0.1, 0.15) is 0 Å². The van der Waals surface area contributed by atoms with Gasteiger partial charge in [-0.1, -0.05) is 19.1 Å². The summed E-state index contributed by atoms with van der Waals surface area (Å²) in [6.45, 7) is 3.48. The molecule has 0 spiro atoms. The minimum atomic E-state index is -0.446. The van der Waals surface area contributed by atoms with Gasteiger partial charge in [0.15, 0.2) is 11.2 Å². The second-order valence-electron chi connectivity index (χ2n) is 3.57. The van der Waals surface area contributed by atoms with Crippen LogP contribution in [-0.2, 0) is 4.79 Å². The lowest BCUT2D eigenvalue weighted by atomic mass is 10.2. The second-order valence-corrected chi connectivity index (χ2v) is 3.57. The highest BCUT2D eigenvalue weighted by molar-refractivity contribution is 5.90. The second kappa shape index (κ2) is 3.72. The molecule has 0 aromatic carbocycles. The Hall–Kier alpha value is -2.25. The first-order valence-electron chi connectivity index (χ1n) is 4.70. The van der Waals surface area contributed by atoms with Crippen molar-refractivity contribution in [2.45, 2.75) is 13.8 Å². The van der Waals surface area contributed by atoms with Crippen molar-refractivity contribution in [3.05, 3.63) is 10.4 Å². The molecule has 2 aromatic heterocycles. The summed E-state index contributed by atoms with van der Waals surface area (Å²) in [5.74, 6) is -0.335. The Morgan fingerprint density at radius 1 is 1.44 bits per heavy atom. The number of nitrogens with zero attached hydrogens (tertiary/aromatic N) is 3. The van der Waals surface area contributed by atoms with Crippen molar-refractivity contribution < 1.29 is 4.79 Å². The van der Waals surface area contributed by atoms with Gasteiger partial charge in [0.05, 0.1) is 0 Å². The van der Waals surface area contributed by atoms with Gasteiger partial charge in [-0.15, -0.1) is 5.10 Å². The van der Waals surface area contributed by atoms with E-state index in [0.29, 0.717) is 0 Å². The first kappa shape index (κ1) is 10.3. The number of nitrogens with one attached hydrogen (secondary N) is 3. The number of fused-ring (bicyclic) bond motifs is 1. The summed E-state index contributed by atoms with van der Waals surface area (Å²) in [5.41, 5.74) is -0.0943. The van der Waals surface area contributed by atoms with Crippen molar-refractivity contribution in [2.75, 3.05) is 5.32 Å². The standard InChI is InChI=1S/C8H10N6O2/c1-3(2)6(15)10-8-9-5-4(7(16)11-8)12-14-13-5/h3H,1-2H3,(H3,9,10,11,12,13,14,15,16). The molecule has 2 aromatic rings. The average molecular weight is 222 g/mol. The Morgan fingerprint density at radius 2 is 2.19 bits per heavy atom. The van der Waals surface area contributed by atoms with E-state index in [1.54, 1.807) is 13.8 Å². The van der Waals surface area contributed by atoms with Crippen LogP contribution in [0.2, 0.25) is 0 Å². The molecule has 0 aliphatic rings. The van der Waals surface area contributed by atoms with E-state index in [-0.39, 0.29) is 28.9 Å². The molecule has 0 bridgehead atoms. The fraction of sp³-hybridized carbons (Fsp3) is 0.375. The molecule has 8 nitrogen and oxygen atoms in total. The topological polar surface area (TPSA) is 116 Å². The van der Waals surface area contributed by atoms with Crippen molar-refractivity contribution in [3.8, 4) is 0 Å². The number of hydrogen-bond donors (Lipinski definition) is 3. The summed E-state index contributed by atoms with van der Waals surface area (Å²) in [6.07, 6.45) is 0. The van der Waals surface area contributed by atoms with Gasteiger partial charge in [-0.05, 0) is 0 Å². The molecule has 0 saturated heterocycles. The van der Waals surface area contributed by atoms with Crippen molar-refractivity contribution in [2.24, 2.45) is 5.92 Å². The minimum absolute atomic E-state index is 0.0854. The number of carbonyl (C=O) groups excluding carboxylic acids is 1. The number of aromatic nitrogens is 5. The number of hydrogen-bond acceptors (Lipinski definition) is 5. The summed E-state index contributed by atoms with van der Waals surface area (Å²) < 4.78 is 0. The maximum absolute atomic E-state index is 11.4. The number of carbonyl (C=O) groups is 1. The molecule has 1 amide bonds. The van der Waals surface area contributed by atoms with Gasteiger partial charge < -0.3 is 0 Å². The summed E-state index contributed by atoms with van der Waals surface area (Å²) in [5, 5.41) is 11.9. The van der Waals surface area contributed by atoms with E-state index in [4.69, 9.17) is 0 Å². The van der Waals surface area contributed by atoms with Crippen molar-refractivity contribution >= 4 is 23.0 Å². The van der Waals surface area contributed by atoms with Crippen LogP contribution in [0.5, 0.6) is 0 Å². The molecule has 84 valence electrons. The molecule has 2 rings (SSSR count). The highest BCUT2D eigenvalue weighted by Crippen LogP contribution is 2.03. The largest absolute Gasteiger partial charge is 0.296 e. The van der Waals surface area contributed by atoms with Crippen LogP contribution in [-0.4, -0.2) is 31.3 Å². The lowest BCUT2D eigenvalue weighted by Crippen LogP contribution is -2.22. The normalized spacial score (nSPS) is 10.9. The van der Waals surface area contributed by atoms with Gasteiger partial charge in [-0.3, -0.25) is 19.9 Å². The van der Waals surface area contributed by atoms with Crippen LogP contribution in [0.15, 0.2) is 4.79 Å². The van der Waals surface area contributed by atoms with E-state index in [9.17, 15) is 9.59 Å². The van der Waals surface area contributed by atoms with Gasteiger partial charge in [0, 0.05) is 5.92 Å². The number of anilines is 1. The molecule has 3 N–H and O–H groups in total. The zero-order valence-electron chi connectivity index (χ0n) is 8.74. The number of rotatable bonds is 2. The predicted octanol–water partition coefficient (Wildman–Crippen LogP) is -0.364. The molecule has 16 heavy (non-hydrogen) atoms. The maximum Gasteiger partial charge on any atom is 0.282 e. The fourth-order valence-electron chi connectivity index (χ4n) is 1.08. The first-order chi connectivity index (χ1) is 7.58. The minimum Gasteiger partial charge on any atom is -0.296 e. The fourth-order valence-corrected chi connectivity index (χ4v) is 1.08. The Bertz CT molecular complexity index is 583. The average Bonchev–Trinajstić information content (AvgIpc) is 2.65. The Morgan fingerprint density at radius 3 is 2.88 bits per heavy atom. The van der Waals surface area contributed by atoms with Crippen LogP contribution in [0.1, 0.15) is 13.8 Å². The van der Waals surface area contributed by atoms with Gasteiger partial charge in [0.2, 0.25) is 11.9 Å². The van der Waals surface area contributed by atoms with Gasteiger partial charge in [0.25, 0.3) is 5.56 Å². The third kappa shape index (κ3) is 1.76. The maximum atomic E-state index is 11.4. The molecule has 0 radical (unpaired) electrons. The SMILES string of the molecule is CC(C)C(=O)Nc1nc2[nH]nnc2c(=O)[nH]1. The van der Waals surface area contributed by atoms with Crippen molar-refractivity contribution in [3.63, 3.8) is 0 Å². The van der Waals surface area contributed by atoms with Crippen LogP contribution in [0, 0.1) is 5.92 Å². The van der Waals surface area contributed by atoms with Crippen LogP contribution in [0.3, 0.4) is 0 Å². The highest BCUT2D eigenvalue weighted by atomic mass is 16.2. The lowest BCUT2D eigenvalue weighted by molar-refractivity contribution is -0.118. The summed E-state index contributed by atoms with van der Waals surface area (Å²) >= 11 is 0. The Labute approximate surface area is 89.5 Å². The van der Waals surface area contributed by atoms with E-state index >= 15 is 0 Å². The molecule has 0 atom stereocenters. The van der Waals surface area contributed by atoms with E-state index in [0.717, 1.165) is 0 Å². The quantitative estimate of drug-likeness (QED) is 0.641. The molecular weight excluding hydrogens is 212 g/mol. The molecule has 0 aliphatic carbocycles. The number of H-pyrrole nitrogens is 2. The smallest absolute Gasteiger partial charge is 0.282 e.